The minimum atomic E-state index is -1.04. The Labute approximate surface area is 163 Å². The molecule has 2 rings (SSSR count). The van der Waals surface area contributed by atoms with E-state index in [1.165, 1.54) is 41.4 Å². The molecule has 1 N–H and O–H groups in total. The van der Waals surface area contributed by atoms with Gasteiger partial charge in [0.25, 0.3) is 5.91 Å². The third-order valence-corrected chi connectivity index (χ3v) is 3.91. The Hall–Kier alpha value is -3.42. The first-order chi connectivity index (χ1) is 13.4. The zero-order valence-electron chi connectivity index (χ0n) is 16.4. The molecule has 2 aromatic rings. The Morgan fingerprint density at radius 3 is 2.21 bits per heavy atom. The third-order valence-electron chi connectivity index (χ3n) is 3.91. The maximum absolute atomic E-state index is 12.6. The second kappa shape index (κ2) is 9.50. The largest absolute Gasteiger partial charge is 0.497 e. The van der Waals surface area contributed by atoms with Crippen LogP contribution >= 0.6 is 0 Å². The van der Waals surface area contributed by atoms with Crippen molar-refractivity contribution in [3.8, 4) is 23.0 Å². The van der Waals surface area contributed by atoms with Crippen molar-refractivity contribution in [1.29, 1.82) is 0 Å². The molecule has 150 valence electrons. The Morgan fingerprint density at radius 1 is 0.893 bits per heavy atom. The number of amides is 1. The van der Waals surface area contributed by atoms with Crippen LogP contribution in [0.15, 0.2) is 36.4 Å². The molecule has 0 saturated carbocycles. The molecule has 0 fully saturated rings. The quantitative estimate of drug-likeness (QED) is 0.694. The topological polar surface area (TPSA) is 92.3 Å². The fraction of sp³-hybridized carbons (Fsp3) is 0.300. The second-order valence-electron chi connectivity index (χ2n) is 5.65. The summed E-state index contributed by atoms with van der Waals surface area (Å²) in [6.45, 7) is 1.47. The predicted molar refractivity (Wildman–Crippen MR) is 103 cm³/mol. The minimum absolute atomic E-state index is 0.112. The van der Waals surface area contributed by atoms with Crippen LogP contribution in [0.4, 0.5) is 5.69 Å². The van der Waals surface area contributed by atoms with Crippen molar-refractivity contribution in [3.05, 3.63) is 42.0 Å². The first-order valence-corrected chi connectivity index (χ1v) is 8.40. The molecular formula is C20H23NO7. The monoisotopic (exact) mass is 389 g/mol. The van der Waals surface area contributed by atoms with Gasteiger partial charge in [-0.25, -0.2) is 4.79 Å². The van der Waals surface area contributed by atoms with Crippen LogP contribution in [0.1, 0.15) is 17.3 Å². The standard InChI is InChI=1S/C20H23NO7/c1-12(19(22)21-13-7-6-8-14(11-13)24-2)28-20(23)15-9-10-16(25-3)18(27-5)17(15)26-4/h6-12H,1-5H3,(H,21,22)/t12-/m0/s1. The van der Waals surface area contributed by atoms with Crippen molar-refractivity contribution in [1.82, 2.24) is 0 Å². The molecule has 0 aromatic heterocycles. The molecule has 0 saturated heterocycles. The summed E-state index contributed by atoms with van der Waals surface area (Å²) in [5, 5.41) is 2.67. The lowest BCUT2D eigenvalue weighted by Crippen LogP contribution is -2.30. The highest BCUT2D eigenvalue weighted by Crippen LogP contribution is 2.40. The number of hydrogen-bond acceptors (Lipinski definition) is 7. The van der Waals surface area contributed by atoms with Gasteiger partial charge in [-0.3, -0.25) is 4.79 Å². The van der Waals surface area contributed by atoms with Crippen LogP contribution in [0.3, 0.4) is 0 Å². The summed E-state index contributed by atoms with van der Waals surface area (Å²) in [7, 11) is 5.83. The molecule has 0 aliphatic heterocycles. The molecule has 0 radical (unpaired) electrons. The van der Waals surface area contributed by atoms with Crippen molar-refractivity contribution in [3.63, 3.8) is 0 Å². The van der Waals surface area contributed by atoms with E-state index in [4.69, 9.17) is 23.7 Å². The number of anilines is 1. The molecule has 1 atom stereocenters. The van der Waals surface area contributed by atoms with Crippen molar-refractivity contribution in [2.24, 2.45) is 0 Å². The highest BCUT2D eigenvalue weighted by molar-refractivity contribution is 5.99. The smallest absolute Gasteiger partial charge is 0.342 e. The highest BCUT2D eigenvalue weighted by Gasteiger charge is 2.25. The van der Waals surface area contributed by atoms with E-state index in [-0.39, 0.29) is 17.1 Å². The fourth-order valence-electron chi connectivity index (χ4n) is 2.48. The van der Waals surface area contributed by atoms with Gasteiger partial charge in [-0.2, -0.15) is 0 Å². The summed E-state index contributed by atoms with van der Waals surface area (Å²) in [6.07, 6.45) is -1.04. The van der Waals surface area contributed by atoms with Crippen molar-refractivity contribution in [2.45, 2.75) is 13.0 Å². The summed E-state index contributed by atoms with van der Waals surface area (Å²) in [5.74, 6) is 0.199. The molecular weight excluding hydrogens is 366 g/mol. The Balaban J connectivity index is 2.14. The zero-order chi connectivity index (χ0) is 20.7. The van der Waals surface area contributed by atoms with E-state index in [9.17, 15) is 9.59 Å². The Bertz CT molecular complexity index is 850. The molecule has 0 aliphatic rings. The average Bonchev–Trinajstić information content (AvgIpc) is 2.72. The van der Waals surface area contributed by atoms with Crippen LogP contribution in [-0.4, -0.2) is 46.4 Å². The van der Waals surface area contributed by atoms with Crippen molar-refractivity contribution >= 4 is 17.6 Å². The summed E-state index contributed by atoms with van der Waals surface area (Å²) >= 11 is 0. The predicted octanol–water partition coefficient (Wildman–Crippen LogP) is 2.91. The van der Waals surface area contributed by atoms with E-state index in [2.05, 4.69) is 5.32 Å². The summed E-state index contributed by atoms with van der Waals surface area (Å²) in [6, 6.07) is 9.88. The molecule has 0 bridgehead atoms. The Morgan fingerprint density at radius 2 is 1.61 bits per heavy atom. The molecule has 2 aromatic carbocycles. The molecule has 28 heavy (non-hydrogen) atoms. The number of methoxy groups -OCH3 is 4. The van der Waals surface area contributed by atoms with Gasteiger partial charge in [0, 0.05) is 11.8 Å². The van der Waals surface area contributed by atoms with Crippen LogP contribution < -0.4 is 24.3 Å². The van der Waals surface area contributed by atoms with E-state index in [1.807, 2.05) is 0 Å². The molecule has 8 nitrogen and oxygen atoms in total. The third kappa shape index (κ3) is 4.64. The number of carbonyl (C=O) groups is 2. The van der Waals surface area contributed by atoms with Gasteiger partial charge in [0.05, 0.1) is 28.4 Å². The molecule has 8 heteroatoms. The first kappa shape index (κ1) is 20.9. The van der Waals surface area contributed by atoms with Gasteiger partial charge in [0.1, 0.15) is 11.3 Å². The first-order valence-electron chi connectivity index (χ1n) is 8.40. The van der Waals surface area contributed by atoms with Crippen LogP contribution in [-0.2, 0) is 9.53 Å². The van der Waals surface area contributed by atoms with E-state index >= 15 is 0 Å². The van der Waals surface area contributed by atoms with Gasteiger partial charge in [-0.05, 0) is 31.2 Å². The summed E-state index contributed by atoms with van der Waals surface area (Å²) in [5.41, 5.74) is 0.636. The van der Waals surface area contributed by atoms with Gasteiger partial charge in [-0.1, -0.05) is 6.07 Å². The SMILES string of the molecule is COc1cccc(NC(=O)[C@H](C)OC(=O)c2ccc(OC)c(OC)c2OC)c1. The van der Waals surface area contributed by atoms with Crippen LogP contribution in [0.2, 0.25) is 0 Å². The molecule has 0 unspecified atom stereocenters. The van der Waals surface area contributed by atoms with Crippen molar-refractivity contribution < 1.29 is 33.3 Å². The second-order valence-corrected chi connectivity index (χ2v) is 5.65. The van der Waals surface area contributed by atoms with Gasteiger partial charge in [0.15, 0.2) is 17.6 Å². The van der Waals surface area contributed by atoms with E-state index < -0.39 is 18.0 Å². The maximum Gasteiger partial charge on any atom is 0.342 e. The van der Waals surface area contributed by atoms with Crippen LogP contribution in [0, 0.1) is 0 Å². The molecule has 0 aliphatic carbocycles. The van der Waals surface area contributed by atoms with E-state index in [0.717, 1.165) is 0 Å². The highest BCUT2D eigenvalue weighted by atomic mass is 16.6. The number of ether oxygens (including phenoxy) is 5. The van der Waals surface area contributed by atoms with Crippen LogP contribution in [0.25, 0.3) is 0 Å². The normalized spacial score (nSPS) is 11.2. The van der Waals surface area contributed by atoms with Gasteiger partial charge < -0.3 is 29.0 Å². The van der Waals surface area contributed by atoms with Gasteiger partial charge in [0.2, 0.25) is 5.75 Å². The maximum atomic E-state index is 12.6. The number of benzene rings is 2. The van der Waals surface area contributed by atoms with E-state index in [1.54, 1.807) is 30.3 Å². The lowest BCUT2D eigenvalue weighted by Gasteiger charge is -2.17. The fourth-order valence-corrected chi connectivity index (χ4v) is 2.48. The molecule has 1 amide bonds. The average molecular weight is 389 g/mol. The number of carbonyl (C=O) groups excluding carboxylic acids is 2. The lowest BCUT2D eigenvalue weighted by molar-refractivity contribution is -0.123. The molecule has 0 heterocycles. The van der Waals surface area contributed by atoms with Crippen LogP contribution in [0.5, 0.6) is 23.0 Å². The zero-order valence-corrected chi connectivity index (χ0v) is 16.4. The lowest BCUT2D eigenvalue weighted by atomic mass is 10.1. The minimum Gasteiger partial charge on any atom is -0.497 e. The van der Waals surface area contributed by atoms with Gasteiger partial charge >= 0.3 is 5.97 Å². The summed E-state index contributed by atoms with van der Waals surface area (Å²) < 4.78 is 26.1. The van der Waals surface area contributed by atoms with Gasteiger partial charge in [-0.15, -0.1) is 0 Å². The number of rotatable bonds is 8. The number of nitrogens with one attached hydrogen (secondary N) is 1. The number of hydrogen-bond donors (Lipinski definition) is 1. The molecule has 0 spiro atoms. The van der Waals surface area contributed by atoms with Crippen molar-refractivity contribution in [2.75, 3.05) is 33.8 Å². The summed E-state index contributed by atoms with van der Waals surface area (Å²) in [4.78, 5) is 24.9. The Kier molecular flexibility index (Phi) is 7.08. The number of esters is 1. The van der Waals surface area contributed by atoms with E-state index in [0.29, 0.717) is 17.2 Å².